The Bertz CT molecular complexity index is 578. The molecule has 6 heteroatoms. The maximum Gasteiger partial charge on any atom is 0.416 e. The number of benzene rings is 1. The molecule has 0 amide bonds. The van der Waals surface area contributed by atoms with Crippen molar-refractivity contribution in [3.8, 4) is 0 Å². The molecule has 20 heavy (non-hydrogen) atoms. The van der Waals surface area contributed by atoms with Crippen LogP contribution in [0.2, 0.25) is 0 Å². The van der Waals surface area contributed by atoms with Crippen LogP contribution in [0.4, 0.5) is 19.0 Å². The van der Waals surface area contributed by atoms with E-state index in [9.17, 15) is 13.2 Å². The summed E-state index contributed by atoms with van der Waals surface area (Å²) in [5, 5.41) is 6.71. The van der Waals surface area contributed by atoms with Crippen molar-refractivity contribution in [2.45, 2.75) is 25.1 Å². The molecule has 1 aromatic carbocycles. The number of halogens is 3. The molecule has 1 aliphatic rings. The predicted octanol–water partition coefficient (Wildman–Crippen LogP) is 3.77. The van der Waals surface area contributed by atoms with Gasteiger partial charge in [-0.15, -0.1) is 0 Å². The van der Waals surface area contributed by atoms with Gasteiger partial charge in [0, 0.05) is 12.6 Å². The summed E-state index contributed by atoms with van der Waals surface area (Å²) in [7, 11) is 0. The van der Waals surface area contributed by atoms with Crippen molar-refractivity contribution in [2.75, 3.05) is 11.4 Å². The number of rotatable bonds is 2. The summed E-state index contributed by atoms with van der Waals surface area (Å²) >= 11 is 0. The molecule has 1 saturated heterocycles. The van der Waals surface area contributed by atoms with Gasteiger partial charge in [0.25, 0.3) is 0 Å². The number of aromatic amines is 1. The van der Waals surface area contributed by atoms with Gasteiger partial charge in [0.15, 0.2) is 0 Å². The van der Waals surface area contributed by atoms with Gasteiger partial charge in [-0.05, 0) is 24.5 Å². The van der Waals surface area contributed by atoms with Gasteiger partial charge in [0.05, 0.1) is 17.8 Å². The highest BCUT2D eigenvalue weighted by molar-refractivity contribution is 5.45. The molecule has 1 fully saturated rings. The topological polar surface area (TPSA) is 31.9 Å². The second-order valence-corrected chi connectivity index (χ2v) is 4.88. The molecular weight excluding hydrogens is 267 g/mol. The maximum atomic E-state index is 13.1. The van der Waals surface area contributed by atoms with E-state index in [0.717, 1.165) is 24.8 Å². The fourth-order valence-corrected chi connectivity index (χ4v) is 2.83. The summed E-state index contributed by atoms with van der Waals surface area (Å²) in [4.78, 5) is 1.96. The zero-order valence-corrected chi connectivity index (χ0v) is 10.7. The van der Waals surface area contributed by atoms with Gasteiger partial charge in [0.2, 0.25) is 0 Å². The third-order valence-electron chi connectivity index (χ3n) is 3.67. The highest BCUT2D eigenvalue weighted by atomic mass is 19.4. The van der Waals surface area contributed by atoms with Crippen LogP contribution in [0, 0.1) is 0 Å². The average Bonchev–Trinajstić information content (AvgIpc) is 3.08. The van der Waals surface area contributed by atoms with Gasteiger partial charge in [-0.25, -0.2) is 0 Å². The molecule has 106 valence electrons. The molecule has 0 aliphatic carbocycles. The minimum absolute atomic E-state index is 0.256. The van der Waals surface area contributed by atoms with Crippen LogP contribution in [0.3, 0.4) is 0 Å². The maximum absolute atomic E-state index is 13.1. The molecular formula is C14H14F3N3. The Morgan fingerprint density at radius 1 is 1.20 bits per heavy atom. The summed E-state index contributed by atoms with van der Waals surface area (Å²) in [6.07, 6.45) is -1.12. The molecule has 1 aromatic heterocycles. The summed E-state index contributed by atoms with van der Waals surface area (Å²) in [6, 6.07) is 7.35. The Hall–Kier alpha value is -1.98. The van der Waals surface area contributed by atoms with Crippen LogP contribution in [-0.4, -0.2) is 16.7 Å². The van der Waals surface area contributed by atoms with E-state index in [-0.39, 0.29) is 6.04 Å². The van der Waals surface area contributed by atoms with Crippen molar-refractivity contribution < 1.29 is 13.2 Å². The van der Waals surface area contributed by atoms with E-state index in [4.69, 9.17) is 0 Å². The Morgan fingerprint density at radius 3 is 2.70 bits per heavy atom. The molecule has 1 unspecified atom stereocenters. The number of nitrogens with one attached hydrogen (secondary N) is 1. The van der Waals surface area contributed by atoms with Gasteiger partial charge in [-0.3, -0.25) is 5.10 Å². The third kappa shape index (κ3) is 2.26. The molecule has 1 atom stereocenters. The van der Waals surface area contributed by atoms with E-state index >= 15 is 0 Å². The smallest absolute Gasteiger partial charge is 0.350 e. The van der Waals surface area contributed by atoms with Gasteiger partial charge in [-0.1, -0.05) is 18.2 Å². The predicted molar refractivity (Wildman–Crippen MR) is 69.4 cm³/mol. The summed E-state index contributed by atoms with van der Waals surface area (Å²) in [5.41, 5.74) is -0.205. The number of anilines is 1. The van der Waals surface area contributed by atoms with Crippen LogP contribution in [0.5, 0.6) is 0 Å². The lowest BCUT2D eigenvalue weighted by molar-refractivity contribution is -0.138. The van der Waals surface area contributed by atoms with E-state index in [1.54, 1.807) is 24.4 Å². The van der Waals surface area contributed by atoms with Crippen molar-refractivity contribution >= 4 is 5.82 Å². The fraction of sp³-hybridized carbons (Fsp3) is 0.357. The van der Waals surface area contributed by atoms with E-state index in [1.807, 2.05) is 4.90 Å². The number of nitrogens with zero attached hydrogens (tertiary/aromatic N) is 2. The summed E-state index contributed by atoms with van der Waals surface area (Å²) < 4.78 is 39.4. The van der Waals surface area contributed by atoms with Gasteiger partial charge in [0.1, 0.15) is 5.82 Å². The van der Waals surface area contributed by atoms with Crippen molar-refractivity contribution in [1.82, 2.24) is 10.2 Å². The lowest BCUT2D eigenvalue weighted by atomic mass is 9.98. The van der Waals surface area contributed by atoms with Crippen LogP contribution in [0.25, 0.3) is 0 Å². The molecule has 0 saturated carbocycles. The molecule has 1 aliphatic heterocycles. The highest BCUT2D eigenvalue weighted by Gasteiger charge is 2.37. The molecule has 3 nitrogen and oxygen atoms in total. The van der Waals surface area contributed by atoms with Crippen LogP contribution < -0.4 is 4.90 Å². The van der Waals surface area contributed by atoms with Crippen LogP contribution in [-0.2, 0) is 6.18 Å². The van der Waals surface area contributed by atoms with E-state index in [0.29, 0.717) is 12.0 Å². The fourth-order valence-electron chi connectivity index (χ4n) is 2.83. The minimum atomic E-state index is -4.32. The lowest BCUT2D eigenvalue weighted by Crippen LogP contribution is -2.25. The standard InChI is InChI=1S/C14H14F3N3/c15-14(16,17)11-5-2-1-4-10(11)12-6-3-9-20(12)13-7-8-18-19-13/h1-2,4-5,7-8,12H,3,6,9H2,(H,18,19). The Morgan fingerprint density at radius 2 is 2.00 bits per heavy atom. The monoisotopic (exact) mass is 281 g/mol. The molecule has 2 heterocycles. The van der Waals surface area contributed by atoms with E-state index in [2.05, 4.69) is 10.2 Å². The second-order valence-electron chi connectivity index (χ2n) is 4.88. The average molecular weight is 281 g/mol. The number of hydrogen-bond acceptors (Lipinski definition) is 2. The van der Waals surface area contributed by atoms with Crippen LogP contribution in [0.15, 0.2) is 36.5 Å². The Balaban J connectivity index is 2.00. The SMILES string of the molecule is FC(F)(F)c1ccccc1C1CCCN1c1ccn[nH]1. The number of hydrogen-bond donors (Lipinski definition) is 1. The third-order valence-corrected chi connectivity index (χ3v) is 3.67. The van der Waals surface area contributed by atoms with Crippen LogP contribution >= 0.6 is 0 Å². The minimum Gasteiger partial charge on any atom is -0.350 e. The second kappa shape index (κ2) is 4.85. The molecule has 3 rings (SSSR count). The van der Waals surface area contributed by atoms with Crippen molar-refractivity contribution in [1.29, 1.82) is 0 Å². The molecule has 0 radical (unpaired) electrons. The molecule has 0 bridgehead atoms. The zero-order valence-electron chi connectivity index (χ0n) is 10.7. The number of H-pyrrole nitrogens is 1. The normalized spacial score (nSPS) is 19.6. The lowest BCUT2D eigenvalue weighted by Gasteiger charge is -2.27. The quantitative estimate of drug-likeness (QED) is 0.908. The summed E-state index contributed by atoms with van der Waals surface area (Å²) in [6.45, 7) is 0.735. The first-order valence-corrected chi connectivity index (χ1v) is 6.49. The van der Waals surface area contributed by atoms with Crippen molar-refractivity contribution in [3.63, 3.8) is 0 Å². The van der Waals surface area contributed by atoms with Gasteiger partial charge >= 0.3 is 6.18 Å². The number of aromatic nitrogens is 2. The largest absolute Gasteiger partial charge is 0.416 e. The van der Waals surface area contributed by atoms with Crippen LogP contribution in [0.1, 0.15) is 30.0 Å². The van der Waals surface area contributed by atoms with Crippen molar-refractivity contribution in [2.24, 2.45) is 0 Å². The first kappa shape index (κ1) is 13.0. The number of alkyl halides is 3. The van der Waals surface area contributed by atoms with Gasteiger partial charge < -0.3 is 4.90 Å². The molecule has 0 spiro atoms. The summed E-state index contributed by atoms with van der Waals surface area (Å²) in [5.74, 6) is 0.768. The highest BCUT2D eigenvalue weighted by Crippen LogP contribution is 2.41. The zero-order chi connectivity index (χ0) is 14.2. The first-order chi connectivity index (χ1) is 9.57. The van der Waals surface area contributed by atoms with Crippen molar-refractivity contribution in [3.05, 3.63) is 47.7 Å². The molecule has 1 N–H and O–H groups in total. The Kier molecular flexibility index (Phi) is 3.16. The van der Waals surface area contributed by atoms with E-state index in [1.165, 1.54) is 6.07 Å². The Labute approximate surface area is 114 Å². The first-order valence-electron chi connectivity index (χ1n) is 6.49. The van der Waals surface area contributed by atoms with E-state index < -0.39 is 11.7 Å². The molecule has 2 aromatic rings. The van der Waals surface area contributed by atoms with Gasteiger partial charge in [-0.2, -0.15) is 18.3 Å².